The molecule has 0 fully saturated rings. The molecule has 2 aromatic rings. The Morgan fingerprint density at radius 1 is 1.53 bits per heavy atom. The average Bonchev–Trinajstić information content (AvgIpc) is 2.24. The topological polar surface area (TPSA) is 34.9 Å². The van der Waals surface area contributed by atoms with Gasteiger partial charge >= 0.3 is 0 Å². The highest BCUT2D eigenvalue weighted by molar-refractivity contribution is 14.1. The Balaban J connectivity index is 2.98. The third kappa shape index (κ3) is 1.64. The molecule has 0 N–H and O–H groups in total. The summed E-state index contributed by atoms with van der Waals surface area (Å²) < 4.78 is 15.4. The Labute approximate surface area is 99.1 Å². The lowest BCUT2D eigenvalue weighted by atomic mass is 10.2. The van der Waals surface area contributed by atoms with E-state index in [-0.39, 0.29) is 11.1 Å². The standard InChI is InChI=1S/C10H8FIN2O/c1-14-8(5-12)13-9-6(10(14)15)3-2-4-7(9)11/h2-4H,5H2,1H3. The molecule has 1 heterocycles. The van der Waals surface area contributed by atoms with Crippen LogP contribution in [0.3, 0.4) is 0 Å². The minimum atomic E-state index is -0.448. The van der Waals surface area contributed by atoms with E-state index in [1.54, 1.807) is 13.1 Å². The molecule has 0 radical (unpaired) electrons. The van der Waals surface area contributed by atoms with Crippen LogP contribution in [0.4, 0.5) is 4.39 Å². The predicted molar refractivity (Wildman–Crippen MR) is 64.7 cm³/mol. The maximum atomic E-state index is 13.4. The van der Waals surface area contributed by atoms with Gasteiger partial charge in [-0.15, -0.1) is 0 Å². The van der Waals surface area contributed by atoms with E-state index >= 15 is 0 Å². The Kier molecular flexibility index (Phi) is 2.72. The monoisotopic (exact) mass is 318 g/mol. The molecule has 0 saturated heterocycles. The Hall–Kier alpha value is -0.980. The van der Waals surface area contributed by atoms with Crippen molar-refractivity contribution in [2.45, 2.75) is 4.43 Å². The van der Waals surface area contributed by atoms with Gasteiger partial charge < -0.3 is 0 Å². The van der Waals surface area contributed by atoms with Gasteiger partial charge in [0.25, 0.3) is 5.56 Å². The van der Waals surface area contributed by atoms with Crippen molar-refractivity contribution in [3.8, 4) is 0 Å². The van der Waals surface area contributed by atoms with E-state index in [0.717, 1.165) is 0 Å². The van der Waals surface area contributed by atoms with Crippen LogP contribution >= 0.6 is 22.6 Å². The second-order valence-corrected chi connectivity index (χ2v) is 3.92. The van der Waals surface area contributed by atoms with Gasteiger partial charge in [0.1, 0.15) is 17.2 Å². The maximum absolute atomic E-state index is 13.4. The molecule has 0 bridgehead atoms. The molecule has 0 aliphatic heterocycles. The zero-order chi connectivity index (χ0) is 11.0. The summed E-state index contributed by atoms with van der Waals surface area (Å²) in [5, 5.41) is 0.325. The Bertz CT molecular complexity index is 579. The second-order valence-electron chi connectivity index (χ2n) is 3.16. The molecule has 1 aromatic carbocycles. The minimum Gasteiger partial charge on any atom is -0.299 e. The van der Waals surface area contributed by atoms with Gasteiger partial charge in [-0.05, 0) is 12.1 Å². The summed E-state index contributed by atoms with van der Waals surface area (Å²) >= 11 is 2.10. The first-order chi connectivity index (χ1) is 7.15. The molecule has 15 heavy (non-hydrogen) atoms. The molecule has 0 amide bonds. The second kappa shape index (κ2) is 3.88. The van der Waals surface area contributed by atoms with Crippen molar-refractivity contribution in [1.82, 2.24) is 9.55 Å². The number of rotatable bonds is 1. The van der Waals surface area contributed by atoms with E-state index in [1.807, 2.05) is 0 Å². The third-order valence-electron chi connectivity index (χ3n) is 2.27. The van der Waals surface area contributed by atoms with Gasteiger partial charge in [-0.1, -0.05) is 28.7 Å². The minimum absolute atomic E-state index is 0.160. The van der Waals surface area contributed by atoms with Crippen LogP contribution in [-0.4, -0.2) is 9.55 Å². The average molecular weight is 318 g/mol. The van der Waals surface area contributed by atoms with Crippen LogP contribution in [0.5, 0.6) is 0 Å². The van der Waals surface area contributed by atoms with E-state index in [9.17, 15) is 9.18 Å². The molecule has 0 saturated carbocycles. The number of aromatic nitrogens is 2. The summed E-state index contributed by atoms with van der Waals surface area (Å²) in [6, 6.07) is 4.42. The number of alkyl halides is 1. The van der Waals surface area contributed by atoms with Crippen molar-refractivity contribution >= 4 is 33.5 Å². The lowest BCUT2D eigenvalue weighted by molar-refractivity contribution is 0.634. The number of hydrogen-bond donors (Lipinski definition) is 0. The SMILES string of the molecule is Cn1c(CI)nc2c(F)cccc2c1=O. The van der Waals surface area contributed by atoms with Gasteiger partial charge in [0.05, 0.1) is 9.81 Å². The zero-order valence-corrected chi connectivity index (χ0v) is 10.2. The Morgan fingerprint density at radius 2 is 2.27 bits per heavy atom. The summed E-state index contributed by atoms with van der Waals surface area (Å²) in [6.07, 6.45) is 0. The van der Waals surface area contributed by atoms with Crippen LogP contribution < -0.4 is 5.56 Å². The Morgan fingerprint density at radius 3 is 2.93 bits per heavy atom. The van der Waals surface area contributed by atoms with Crippen molar-refractivity contribution in [2.24, 2.45) is 7.05 Å². The molecule has 1 aromatic heterocycles. The summed E-state index contributed by atoms with van der Waals surface area (Å²) in [5.41, 5.74) is -0.0431. The third-order valence-corrected chi connectivity index (χ3v) is 2.95. The fraction of sp³-hybridized carbons (Fsp3) is 0.200. The molecule has 78 valence electrons. The number of fused-ring (bicyclic) bond motifs is 1. The smallest absolute Gasteiger partial charge is 0.261 e. The van der Waals surface area contributed by atoms with Crippen molar-refractivity contribution in [3.05, 3.63) is 40.2 Å². The van der Waals surface area contributed by atoms with Gasteiger partial charge in [-0.2, -0.15) is 0 Å². The highest BCUT2D eigenvalue weighted by Crippen LogP contribution is 2.13. The number of para-hydroxylation sites is 1. The molecule has 0 unspecified atom stereocenters. The van der Waals surface area contributed by atoms with Crippen molar-refractivity contribution < 1.29 is 4.39 Å². The first kappa shape index (κ1) is 10.5. The summed E-state index contributed by atoms with van der Waals surface area (Å²) in [4.78, 5) is 15.9. The van der Waals surface area contributed by atoms with Gasteiger partial charge in [0.2, 0.25) is 0 Å². The van der Waals surface area contributed by atoms with E-state index in [4.69, 9.17) is 0 Å². The molecule has 0 spiro atoms. The van der Waals surface area contributed by atoms with Crippen LogP contribution in [0, 0.1) is 5.82 Å². The predicted octanol–water partition coefficient (Wildman–Crippen LogP) is 2.01. The fourth-order valence-electron chi connectivity index (χ4n) is 1.42. The molecule has 3 nitrogen and oxygen atoms in total. The quantitative estimate of drug-likeness (QED) is 0.595. The number of halogens is 2. The first-order valence-electron chi connectivity index (χ1n) is 4.35. The van der Waals surface area contributed by atoms with Gasteiger partial charge in [0.15, 0.2) is 0 Å². The van der Waals surface area contributed by atoms with Gasteiger partial charge in [0, 0.05) is 7.05 Å². The van der Waals surface area contributed by atoms with Crippen LogP contribution in [0.1, 0.15) is 5.82 Å². The molecular weight excluding hydrogens is 310 g/mol. The highest BCUT2D eigenvalue weighted by Gasteiger charge is 2.09. The zero-order valence-electron chi connectivity index (χ0n) is 8.00. The summed E-state index contributed by atoms with van der Waals surface area (Å²) in [6.45, 7) is 0. The molecule has 2 rings (SSSR count). The van der Waals surface area contributed by atoms with Gasteiger partial charge in [-0.3, -0.25) is 9.36 Å². The molecule has 0 atom stereocenters. The van der Waals surface area contributed by atoms with Gasteiger partial charge in [-0.25, -0.2) is 9.37 Å². The molecule has 0 aliphatic carbocycles. The van der Waals surface area contributed by atoms with E-state index in [0.29, 0.717) is 15.6 Å². The fourth-order valence-corrected chi connectivity index (χ4v) is 2.11. The number of nitrogens with zero attached hydrogens (tertiary/aromatic N) is 2. The van der Waals surface area contributed by atoms with Crippen molar-refractivity contribution in [2.75, 3.05) is 0 Å². The normalized spacial score (nSPS) is 10.9. The molecular formula is C10H8FIN2O. The molecule has 0 aliphatic rings. The largest absolute Gasteiger partial charge is 0.299 e. The van der Waals surface area contributed by atoms with E-state index in [2.05, 4.69) is 27.6 Å². The lowest BCUT2D eigenvalue weighted by Crippen LogP contribution is -2.21. The van der Waals surface area contributed by atoms with Crippen molar-refractivity contribution in [3.63, 3.8) is 0 Å². The van der Waals surface area contributed by atoms with Crippen molar-refractivity contribution in [1.29, 1.82) is 0 Å². The van der Waals surface area contributed by atoms with Crippen LogP contribution in [0.2, 0.25) is 0 Å². The van der Waals surface area contributed by atoms with E-state index in [1.165, 1.54) is 16.7 Å². The summed E-state index contributed by atoms with van der Waals surface area (Å²) in [7, 11) is 1.65. The van der Waals surface area contributed by atoms with Crippen LogP contribution in [0.15, 0.2) is 23.0 Å². The van der Waals surface area contributed by atoms with Crippen LogP contribution in [0.25, 0.3) is 10.9 Å². The highest BCUT2D eigenvalue weighted by atomic mass is 127. The van der Waals surface area contributed by atoms with E-state index < -0.39 is 5.82 Å². The van der Waals surface area contributed by atoms with Crippen LogP contribution in [-0.2, 0) is 11.5 Å². The molecule has 5 heteroatoms. The first-order valence-corrected chi connectivity index (χ1v) is 5.88. The lowest BCUT2D eigenvalue weighted by Gasteiger charge is -2.06. The number of hydrogen-bond acceptors (Lipinski definition) is 2. The maximum Gasteiger partial charge on any atom is 0.261 e. The number of benzene rings is 1. The summed E-state index contributed by atoms with van der Waals surface area (Å²) in [5.74, 6) is 0.134.